The molecule has 184 valence electrons. The molecule has 0 fully saturated rings. The van der Waals surface area contributed by atoms with Gasteiger partial charge < -0.3 is 20.1 Å². The molecule has 0 bridgehead atoms. The smallest absolute Gasteiger partial charge is 0.408 e. The van der Waals surface area contributed by atoms with Gasteiger partial charge in [0.15, 0.2) is 5.82 Å². The second kappa shape index (κ2) is 11.3. The van der Waals surface area contributed by atoms with Gasteiger partial charge in [-0.25, -0.2) is 14.3 Å². The number of esters is 1. The number of para-hydroxylation sites is 1. The summed E-state index contributed by atoms with van der Waals surface area (Å²) in [4.78, 5) is 38.5. The van der Waals surface area contributed by atoms with Gasteiger partial charge in [-0.1, -0.05) is 48.5 Å². The molecule has 0 saturated heterocycles. The Kier molecular flexibility index (Phi) is 8.25. The van der Waals surface area contributed by atoms with Crippen LogP contribution in [0.25, 0.3) is 5.69 Å². The average Bonchev–Trinajstić information content (AvgIpc) is 3.22. The predicted molar refractivity (Wildman–Crippen MR) is 131 cm³/mol. The topological polar surface area (TPSA) is 112 Å². The molecule has 3 rings (SSSR count). The molecule has 1 atom stereocenters. The molecule has 0 spiro atoms. The van der Waals surface area contributed by atoms with E-state index in [2.05, 4.69) is 15.7 Å². The van der Waals surface area contributed by atoms with Crippen molar-refractivity contribution in [3.8, 4) is 5.69 Å². The molecular formula is C26H30N4O5. The molecule has 0 aliphatic heterocycles. The van der Waals surface area contributed by atoms with Gasteiger partial charge in [-0.15, -0.1) is 0 Å². The predicted octanol–water partition coefficient (Wildman–Crippen LogP) is 4.12. The van der Waals surface area contributed by atoms with Gasteiger partial charge in [-0.05, 0) is 45.4 Å². The summed E-state index contributed by atoms with van der Waals surface area (Å²) >= 11 is 0. The van der Waals surface area contributed by atoms with Crippen molar-refractivity contribution in [2.45, 2.75) is 45.8 Å². The lowest BCUT2D eigenvalue weighted by atomic mass is 10.1. The monoisotopic (exact) mass is 478 g/mol. The standard InChI is InChI=1S/C26H30N4O5/c1-5-34-24(32)20-17-27-30(19-14-10-7-11-15-19)22(20)29-23(31)21(16-18-12-8-6-9-13-18)28-25(33)35-26(2,3)4/h6-15,17,21H,5,16H2,1-4H3,(H,28,33)(H,29,31). The molecule has 1 unspecified atom stereocenters. The number of rotatable bonds is 8. The minimum absolute atomic E-state index is 0.0970. The van der Waals surface area contributed by atoms with Crippen LogP contribution in [-0.2, 0) is 20.7 Å². The Hall–Kier alpha value is -4.14. The Morgan fingerprint density at radius 3 is 2.23 bits per heavy atom. The van der Waals surface area contributed by atoms with Gasteiger partial charge >= 0.3 is 12.1 Å². The number of hydrogen-bond acceptors (Lipinski definition) is 6. The highest BCUT2D eigenvalue weighted by molar-refractivity contribution is 6.02. The van der Waals surface area contributed by atoms with Crippen molar-refractivity contribution in [1.29, 1.82) is 0 Å². The molecule has 9 nitrogen and oxygen atoms in total. The third kappa shape index (κ3) is 7.17. The lowest BCUT2D eigenvalue weighted by Crippen LogP contribution is -2.47. The molecule has 1 aromatic heterocycles. The van der Waals surface area contributed by atoms with Gasteiger partial charge in [0, 0.05) is 6.42 Å². The van der Waals surface area contributed by atoms with E-state index in [4.69, 9.17) is 9.47 Å². The minimum Gasteiger partial charge on any atom is -0.462 e. The van der Waals surface area contributed by atoms with Crippen LogP contribution in [-0.4, -0.2) is 46.0 Å². The van der Waals surface area contributed by atoms with Crippen LogP contribution in [0.1, 0.15) is 43.6 Å². The third-order valence-electron chi connectivity index (χ3n) is 4.80. The summed E-state index contributed by atoms with van der Waals surface area (Å²) < 4.78 is 11.9. The molecule has 1 heterocycles. The maximum absolute atomic E-state index is 13.5. The number of carbonyl (C=O) groups excluding carboxylic acids is 3. The first-order valence-corrected chi connectivity index (χ1v) is 11.3. The molecule has 0 saturated carbocycles. The van der Waals surface area contributed by atoms with Gasteiger partial charge in [-0.3, -0.25) is 4.79 Å². The Morgan fingerprint density at radius 1 is 1.00 bits per heavy atom. The maximum Gasteiger partial charge on any atom is 0.408 e. The Morgan fingerprint density at radius 2 is 1.63 bits per heavy atom. The molecule has 2 amide bonds. The number of alkyl carbamates (subject to hydrolysis) is 1. The van der Waals surface area contributed by atoms with E-state index in [9.17, 15) is 14.4 Å². The Bertz CT molecular complexity index is 1150. The summed E-state index contributed by atoms with van der Waals surface area (Å²) in [6.07, 6.45) is 0.824. The first-order chi connectivity index (χ1) is 16.7. The number of nitrogens with one attached hydrogen (secondary N) is 2. The highest BCUT2D eigenvalue weighted by Gasteiger charge is 2.28. The molecule has 0 aliphatic rings. The van der Waals surface area contributed by atoms with E-state index in [1.807, 2.05) is 48.5 Å². The largest absolute Gasteiger partial charge is 0.462 e. The highest BCUT2D eigenvalue weighted by Crippen LogP contribution is 2.22. The zero-order chi connectivity index (χ0) is 25.4. The summed E-state index contributed by atoms with van der Waals surface area (Å²) in [6, 6.07) is 17.3. The number of ether oxygens (including phenoxy) is 2. The van der Waals surface area contributed by atoms with Crippen molar-refractivity contribution in [2.75, 3.05) is 11.9 Å². The van der Waals surface area contributed by atoms with E-state index >= 15 is 0 Å². The van der Waals surface area contributed by atoms with Crippen LogP contribution < -0.4 is 10.6 Å². The number of carbonyl (C=O) groups is 3. The number of benzene rings is 2. The number of anilines is 1. The average molecular weight is 479 g/mol. The van der Waals surface area contributed by atoms with Crippen molar-refractivity contribution < 1.29 is 23.9 Å². The summed E-state index contributed by atoms with van der Waals surface area (Å²) in [6.45, 7) is 7.08. The minimum atomic E-state index is -0.985. The van der Waals surface area contributed by atoms with E-state index in [0.717, 1.165) is 5.56 Å². The van der Waals surface area contributed by atoms with E-state index in [-0.39, 0.29) is 24.4 Å². The molecule has 0 aliphatic carbocycles. The fourth-order valence-electron chi connectivity index (χ4n) is 3.30. The third-order valence-corrected chi connectivity index (χ3v) is 4.80. The number of aromatic nitrogens is 2. The van der Waals surface area contributed by atoms with E-state index in [1.165, 1.54) is 10.9 Å². The van der Waals surface area contributed by atoms with Crippen molar-refractivity contribution in [3.63, 3.8) is 0 Å². The van der Waals surface area contributed by atoms with Gasteiger partial charge in [0.05, 0.1) is 18.5 Å². The molecule has 2 aromatic carbocycles. The number of hydrogen-bond donors (Lipinski definition) is 2. The molecule has 3 aromatic rings. The number of amides is 2. The quantitative estimate of drug-likeness (QED) is 0.471. The van der Waals surface area contributed by atoms with Crippen molar-refractivity contribution in [2.24, 2.45) is 0 Å². The first-order valence-electron chi connectivity index (χ1n) is 11.3. The molecule has 35 heavy (non-hydrogen) atoms. The Balaban J connectivity index is 1.93. The fraction of sp³-hybridized carbons (Fsp3) is 0.308. The maximum atomic E-state index is 13.5. The molecule has 0 radical (unpaired) electrons. The van der Waals surface area contributed by atoms with Crippen LogP contribution in [0.2, 0.25) is 0 Å². The van der Waals surface area contributed by atoms with Crippen molar-refractivity contribution >= 4 is 23.8 Å². The SMILES string of the molecule is CCOC(=O)c1cnn(-c2ccccc2)c1NC(=O)C(Cc1ccccc1)NC(=O)OC(C)(C)C. The first kappa shape index (κ1) is 25.5. The Labute approximate surface area is 204 Å². The lowest BCUT2D eigenvalue weighted by Gasteiger charge is -2.23. The van der Waals surface area contributed by atoms with Crippen LogP contribution >= 0.6 is 0 Å². The van der Waals surface area contributed by atoms with Crippen molar-refractivity contribution in [1.82, 2.24) is 15.1 Å². The summed E-state index contributed by atoms with van der Waals surface area (Å²) in [5.74, 6) is -1.02. The second-order valence-corrected chi connectivity index (χ2v) is 8.75. The van der Waals surface area contributed by atoms with Crippen LogP contribution in [0.3, 0.4) is 0 Å². The summed E-state index contributed by atoms with van der Waals surface area (Å²) in [5, 5.41) is 9.71. The number of nitrogens with zero attached hydrogens (tertiary/aromatic N) is 2. The highest BCUT2D eigenvalue weighted by atomic mass is 16.6. The van der Waals surface area contributed by atoms with Crippen LogP contribution in [0.15, 0.2) is 66.9 Å². The zero-order valence-corrected chi connectivity index (χ0v) is 20.3. The zero-order valence-electron chi connectivity index (χ0n) is 20.3. The summed E-state index contributed by atoms with van der Waals surface area (Å²) in [7, 11) is 0. The van der Waals surface area contributed by atoms with Crippen LogP contribution in [0, 0.1) is 0 Å². The van der Waals surface area contributed by atoms with E-state index in [0.29, 0.717) is 5.69 Å². The second-order valence-electron chi connectivity index (χ2n) is 8.75. The molecule has 2 N–H and O–H groups in total. The molecular weight excluding hydrogens is 448 g/mol. The molecule has 9 heteroatoms. The lowest BCUT2D eigenvalue weighted by molar-refractivity contribution is -0.118. The van der Waals surface area contributed by atoms with Crippen LogP contribution in [0.5, 0.6) is 0 Å². The normalized spacial score (nSPS) is 11.9. The van der Waals surface area contributed by atoms with Crippen LogP contribution in [0.4, 0.5) is 10.6 Å². The van der Waals surface area contributed by atoms with E-state index in [1.54, 1.807) is 39.8 Å². The van der Waals surface area contributed by atoms with E-state index < -0.39 is 29.6 Å². The van der Waals surface area contributed by atoms with Gasteiger partial charge in [0.1, 0.15) is 17.2 Å². The van der Waals surface area contributed by atoms with Gasteiger partial charge in [0.25, 0.3) is 0 Å². The van der Waals surface area contributed by atoms with Gasteiger partial charge in [0.2, 0.25) is 5.91 Å². The fourth-order valence-corrected chi connectivity index (χ4v) is 3.30. The van der Waals surface area contributed by atoms with Crippen molar-refractivity contribution in [3.05, 3.63) is 78.0 Å². The summed E-state index contributed by atoms with van der Waals surface area (Å²) in [5.41, 5.74) is 0.838. The van der Waals surface area contributed by atoms with Gasteiger partial charge in [-0.2, -0.15) is 5.10 Å².